The average Bonchev–Trinajstić information content (AvgIpc) is 2.71. The lowest BCUT2D eigenvalue weighted by Crippen LogP contribution is -2.21. The fraction of sp³-hybridized carbons (Fsp3) is 0.700. The van der Waals surface area contributed by atoms with Gasteiger partial charge in [0.1, 0.15) is 0 Å². The van der Waals surface area contributed by atoms with Crippen molar-refractivity contribution in [3.8, 4) is 0 Å². The molecule has 78 valence electrons. The Morgan fingerprint density at radius 3 is 2.86 bits per heavy atom. The summed E-state index contributed by atoms with van der Waals surface area (Å²) < 4.78 is 1.86. The highest BCUT2D eigenvalue weighted by Crippen LogP contribution is 2.30. The van der Waals surface area contributed by atoms with E-state index in [2.05, 4.69) is 23.2 Å². The van der Waals surface area contributed by atoms with Gasteiger partial charge in [-0.05, 0) is 25.1 Å². The van der Waals surface area contributed by atoms with Gasteiger partial charge in [0.05, 0.1) is 6.20 Å². The molecule has 1 aliphatic heterocycles. The van der Waals surface area contributed by atoms with Crippen molar-refractivity contribution in [1.82, 2.24) is 14.7 Å². The molecule has 2 heterocycles. The van der Waals surface area contributed by atoms with Crippen molar-refractivity contribution >= 4 is 0 Å². The topological polar surface area (TPSA) is 47.1 Å². The molecule has 0 bridgehead atoms. The molecule has 0 spiro atoms. The summed E-state index contributed by atoms with van der Waals surface area (Å²) >= 11 is 0. The molecule has 1 aromatic heterocycles. The molecular formula is C10H18N4. The van der Waals surface area contributed by atoms with Crippen LogP contribution in [0.4, 0.5) is 0 Å². The van der Waals surface area contributed by atoms with Crippen LogP contribution in [0.25, 0.3) is 0 Å². The average molecular weight is 194 g/mol. The summed E-state index contributed by atoms with van der Waals surface area (Å²) in [5.41, 5.74) is 7.10. The second-order valence-corrected chi connectivity index (χ2v) is 4.27. The zero-order chi connectivity index (χ0) is 10.1. The number of hydrogen-bond acceptors (Lipinski definition) is 3. The number of rotatable bonds is 2. The van der Waals surface area contributed by atoms with Crippen LogP contribution in [-0.2, 0) is 7.05 Å². The second-order valence-electron chi connectivity index (χ2n) is 4.27. The highest BCUT2D eigenvalue weighted by molar-refractivity contribution is 5.15. The molecule has 0 radical (unpaired) electrons. The zero-order valence-electron chi connectivity index (χ0n) is 8.85. The molecule has 1 aromatic rings. The third kappa shape index (κ3) is 1.67. The van der Waals surface area contributed by atoms with E-state index in [1.54, 1.807) is 0 Å². The molecule has 4 heteroatoms. The maximum Gasteiger partial charge on any atom is 0.0525 e. The van der Waals surface area contributed by atoms with Gasteiger partial charge in [-0.1, -0.05) is 0 Å². The molecular weight excluding hydrogens is 176 g/mol. The standard InChI is InChI=1S/C10H18N4/c1-13-5-8(3-11)10(7-13)9-4-12-14(2)6-9/h4,6,8,10H,3,5,7,11H2,1-2H3. The fourth-order valence-corrected chi connectivity index (χ4v) is 2.33. The molecule has 0 aliphatic carbocycles. The maximum absolute atomic E-state index is 5.78. The van der Waals surface area contributed by atoms with Crippen LogP contribution in [0.15, 0.2) is 12.4 Å². The summed E-state index contributed by atoms with van der Waals surface area (Å²) in [6, 6.07) is 0. The summed E-state index contributed by atoms with van der Waals surface area (Å²) in [6.45, 7) is 2.98. The number of aromatic nitrogens is 2. The highest BCUT2D eigenvalue weighted by Gasteiger charge is 2.31. The third-order valence-electron chi connectivity index (χ3n) is 3.08. The van der Waals surface area contributed by atoms with E-state index in [4.69, 9.17) is 5.73 Å². The van der Waals surface area contributed by atoms with E-state index in [1.165, 1.54) is 5.56 Å². The Hall–Kier alpha value is -0.870. The predicted molar refractivity (Wildman–Crippen MR) is 56.0 cm³/mol. The summed E-state index contributed by atoms with van der Waals surface area (Å²) in [6.07, 6.45) is 4.07. The molecule has 2 atom stereocenters. The first-order chi connectivity index (χ1) is 6.70. The van der Waals surface area contributed by atoms with Crippen molar-refractivity contribution in [2.45, 2.75) is 5.92 Å². The molecule has 2 unspecified atom stereocenters. The Kier molecular flexibility index (Phi) is 2.56. The van der Waals surface area contributed by atoms with E-state index in [0.717, 1.165) is 19.6 Å². The number of likely N-dealkylation sites (tertiary alicyclic amines) is 1. The number of hydrogen-bond donors (Lipinski definition) is 1. The lowest BCUT2D eigenvalue weighted by atomic mass is 9.91. The Balaban J connectivity index is 2.17. The molecule has 1 aliphatic rings. The van der Waals surface area contributed by atoms with E-state index in [-0.39, 0.29) is 0 Å². The maximum atomic E-state index is 5.78. The predicted octanol–water partition coefficient (Wildman–Crippen LogP) is 0.0240. The monoisotopic (exact) mass is 194 g/mol. The first-order valence-corrected chi connectivity index (χ1v) is 5.08. The minimum absolute atomic E-state index is 0.568. The van der Waals surface area contributed by atoms with Gasteiger partial charge in [0.2, 0.25) is 0 Å². The van der Waals surface area contributed by atoms with Crippen LogP contribution < -0.4 is 5.73 Å². The van der Waals surface area contributed by atoms with Gasteiger partial charge in [-0.3, -0.25) is 4.68 Å². The minimum Gasteiger partial charge on any atom is -0.330 e. The Bertz CT molecular complexity index is 307. The van der Waals surface area contributed by atoms with Gasteiger partial charge in [-0.2, -0.15) is 5.10 Å². The van der Waals surface area contributed by atoms with Gasteiger partial charge < -0.3 is 10.6 Å². The summed E-state index contributed by atoms with van der Waals surface area (Å²) in [7, 11) is 4.11. The molecule has 1 saturated heterocycles. The zero-order valence-corrected chi connectivity index (χ0v) is 8.85. The first kappa shape index (κ1) is 9.68. The van der Waals surface area contributed by atoms with Crippen LogP contribution >= 0.6 is 0 Å². The Labute approximate surface area is 84.7 Å². The van der Waals surface area contributed by atoms with Crippen molar-refractivity contribution in [2.24, 2.45) is 18.7 Å². The number of aryl methyl sites for hydroxylation is 1. The van der Waals surface area contributed by atoms with Crippen molar-refractivity contribution in [2.75, 3.05) is 26.7 Å². The van der Waals surface area contributed by atoms with E-state index in [9.17, 15) is 0 Å². The van der Waals surface area contributed by atoms with Gasteiger partial charge in [0.25, 0.3) is 0 Å². The van der Waals surface area contributed by atoms with Crippen LogP contribution in [0.1, 0.15) is 11.5 Å². The molecule has 0 amide bonds. The molecule has 0 aromatic carbocycles. The summed E-state index contributed by atoms with van der Waals surface area (Å²) in [5, 5.41) is 4.21. The van der Waals surface area contributed by atoms with Crippen LogP contribution in [0.2, 0.25) is 0 Å². The molecule has 1 fully saturated rings. The Morgan fingerprint density at radius 2 is 2.29 bits per heavy atom. The number of nitrogens with zero attached hydrogens (tertiary/aromatic N) is 3. The summed E-state index contributed by atoms with van der Waals surface area (Å²) in [5.74, 6) is 1.16. The number of nitrogens with two attached hydrogens (primary N) is 1. The van der Waals surface area contributed by atoms with E-state index >= 15 is 0 Å². The van der Waals surface area contributed by atoms with Crippen molar-refractivity contribution in [1.29, 1.82) is 0 Å². The van der Waals surface area contributed by atoms with Crippen molar-refractivity contribution < 1.29 is 0 Å². The summed E-state index contributed by atoms with van der Waals surface area (Å²) in [4.78, 5) is 2.34. The van der Waals surface area contributed by atoms with Crippen LogP contribution in [0.3, 0.4) is 0 Å². The fourth-order valence-electron chi connectivity index (χ4n) is 2.33. The van der Waals surface area contributed by atoms with Crippen LogP contribution in [0, 0.1) is 5.92 Å². The third-order valence-corrected chi connectivity index (χ3v) is 3.08. The van der Waals surface area contributed by atoms with Gasteiger partial charge in [0, 0.05) is 32.3 Å². The van der Waals surface area contributed by atoms with E-state index in [1.807, 2.05) is 17.9 Å². The van der Waals surface area contributed by atoms with Crippen molar-refractivity contribution in [3.05, 3.63) is 18.0 Å². The molecule has 2 N–H and O–H groups in total. The van der Waals surface area contributed by atoms with E-state index < -0.39 is 0 Å². The molecule has 4 nitrogen and oxygen atoms in total. The quantitative estimate of drug-likeness (QED) is 0.722. The minimum atomic E-state index is 0.568. The van der Waals surface area contributed by atoms with Crippen molar-refractivity contribution in [3.63, 3.8) is 0 Å². The van der Waals surface area contributed by atoms with Crippen LogP contribution in [-0.4, -0.2) is 41.4 Å². The van der Waals surface area contributed by atoms with E-state index in [0.29, 0.717) is 11.8 Å². The molecule has 14 heavy (non-hydrogen) atoms. The van der Waals surface area contributed by atoms with Gasteiger partial charge in [-0.25, -0.2) is 0 Å². The number of likely N-dealkylation sites (N-methyl/N-ethyl adjacent to an activating group) is 1. The van der Waals surface area contributed by atoms with Gasteiger partial charge in [0.15, 0.2) is 0 Å². The van der Waals surface area contributed by atoms with Crippen LogP contribution in [0.5, 0.6) is 0 Å². The lowest BCUT2D eigenvalue weighted by Gasteiger charge is -2.14. The second kappa shape index (κ2) is 3.71. The largest absolute Gasteiger partial charge is 0.330 e. The Morgan fingerprint density at radius 1 is 1.50 bits per heavy atom. The molecule has 2 rings (SSSR count). The molecule has 0 saturated carbocycles. The normalized spacial score (nSPS) is 28.5. The highest BCUT2D eigenvalue weighted by atomic mass is 15.2. The first-order valence-electron chi connectivity index (χ1n) is 5.08. The lowest BCUT2D eigenvalue weighted by molar-refractivity contribution is 0.397. The van der Waals surface area contributed by atoms with Gasteiger partial charge >= 0.3 is 0 Å². The SMILES string of the molecule is CN1CC(CN)C(c2cnn(C)c2)C1. The van der Waals surface area contributed by atoms with Gasteiger partial charge in [-0.15, -0.1) is 0 Å². The smallest absolute Gasteiger partial charge is 0.0525 e.